The van der Waals surface area contributed by atoms with E-state index in [1.165, 1.54) is 23.3 Å². The third-order valence-corrected chi connectivity index (χ3v) is 4.50. The number of aryl methyl sites for hydroxylation is 1. The fourth-order valence-corrected chi connectivity index (χ4v) is 3.06. The Morgan fingerprint density at radius 1 is 1.23 bits per heavy atom. The highest BCUT2D eigenvalue weighted by Crippen LogP contribution is 2.23. The largest absolute Gasteiger partial charge is 0.325 e. The van der Waals surface area contributed by atoms with Gasteiger partial charge in [-0.3, -0.25) is 19.8 Å². The van der Waals surface area contributed by atoms with Crippen LogP contribution in [0.25, 0.3) is 5.57 Å². The zero-order valence-corrected chi connectivity index (χ0v) is 14.6. The fraction of sp³-hybridized carbons (Fsp3) is 0.250. The summed E-state index contributed by atoms with van der Waals surface area (Å²) in [7, 11) is 0. The van der Waals surface area contributed by atoms with E-state index in [1.807, 2.05) is 18.2 Å². The molecule has 1 aliphatic rings. The SMILES string of the molecule is Cc1cc([N+](=O)[O-])ccc1NC(=O)CN1CC=C(c2ccccc2)CC1. The van der Waals surface area contributed by atoms with Gasteiger partial charge in [0.05, 0.1) is 11.5 Å². The van der Waals surface area contributed by atoms with Gasteiger partial charge in [0.1, 0.15) is 0 Å². The molecular formula is C20H21N3O3. The Hall–Kier alpha value is -2.99. The van der Waals surface area contributed by atoms with Crippen LogP contribution in [-0.4, -0.2) is 35.4 Å². The first-order valence-electron chi connectivity index (χ1n) is 8.54. The van der Waals surface area contributed by atoms with Crippen LogP contribution in [0.4, 0.5) is 11.4 Å². The van der Waals surface area contributed by atoms with Crippen LogP contribution in [0.3, 0.4) is 0 Å². The van der Waals surface area contributed by atoms with E-state index in [0.717, 1.165) is 19.5 Å². The summed E-state index contributed by atoms with van der Waals surface area (Å²) in [6.07, 6.45) is 3.08. The second-order valence-corrected chi connectivity index (χ2v) is 6.39. The van der Waals surface area contributed by atoms with E-state index in [4.69, 9.17) is 0 Å². The number of hydrogen-bond acceptors (Lipinski definition) is 4. The summed E-state index contributed by atoms with van der Waals surface area (Å²) >= 11 is 0. The number of carbonyl (C=O) groups excluding carboxylic acids is 1. The van der Waals surface area contributed by atoms with Crippen LogP contribution in [-0.2, 0) is 4.79 Å². The normalized spacial score (nSPS) is 14.6. The van der Waals surface area contributed by atoms with Gasteiger partial charge in [-0.05, 0) is 36.1 Å². The smallest absolute Gasteiger partial charge is 0.269 e. The first-order chi connectivity index (χ1) is 12.5. The summed E-state index contributed by atoms with van der Waals surface area (Å²) in [5.74, 6) is -0.112. The Morgan fingerprint density at radius 2 is 2.00 bits per heavy atom. The summed E-state index contributed by atoms with van der Waals surface area (Å²) in [6.45, 7) is 3.61. The summed E-state index contributed by atoms with van der Waals surface area (Å²) in [5, 5.41) is 13.6. The molecule has 1 amide bonds. The van der Waals surface area contributed by atoms with Crippen molar-refractivity contribution in [2.24, 2.45) is 0 Å². The van der Waals surface area contributed by atoms with Crippen molar-refractivity contribution in [2.75, 3.05) is 25.0 Å². The molecule has 1 aliphatic heterocycles. The molecular weight excluding hydrogens is 330 g/mol. The molecule has 0 aromatic heterocycles. The summed E-state index contributed by atoms with van der Waals surface area (Å²) < 4.78 is 0. The minimum atomic E-state index is -0.441. The van der Waals surface area contributed by atoms with E-state index in [0.29, 0.717) is 17.8 Å². The molecule has 0 aliphatic carbocycles. The second-order valence-electron chi connectivity index (χ2n) is 6.39. The molecule has 0 atom stereocenters. The minimum Gasteiger partial charge on any atom is -0.325 e. The van der Waals surface area contributed by atoms with Gasteiger partial charge in [-0.25, -0.2) is 0 Å². The maximum Gasteiger partial charge on any atom is 0.269 e. The number of nitro benzene ring substituents is 1. The van der Waals surface area contributed by atoms with Gasteiger partial charge >= 0.3 is 0 Å². The highest BCUT2D eigenvalue weighted by atomic mass is 16.6. The minimum absolute atomic E-state index is 0.0232. The Labute approximate surface area is 152 Å². The first kappa shape index (κ1) is 17.8. The van der Waals surface area contributed by atoms with Gasteiger partial charge in [-0.15, -0.1) is 0 Å². The Bertz CT molecular complexity index is 847. The van der Waals surface area contributed by atoms with Crippen LogP contribution in [0.2, 0.25) is 0 Å². The molecule has 6 nitrogen and oxygen atoms in total. The van der Waals surface area contributed by atoms with E-state index >= 15 is 0 Å². The van der Waals surface area contributed by atoms with Crippen LogP contribution < -0.4 is 5.32 Å². The van der Waals surface area contributed by atoms with Gasteiger partial charge in [0.15, 0.2) is 0 Å². The van der Waals surface area contributed by atoms with Gasteiger partial charge < -0.3 is 5.32 Å². The number of nitro groups is 1. The lowest BCUT2D eigenvalue weighted by molar-refractivity contribution is -0.384. The zero-order valence-electron chi connectivity index (χ0n) is 14.6. The lowest BCUT2D eigenvalue weighted by Gasteiger charge is -2.26. The van der Waals surface area contributed by atoms with Crippen molar-refractivity contribution in [3.63, 3.8) is 0 Å². The molecule has 3 rings (SSSR count). The predicted octanol–water partition coefficient (Wildman–Crippen LogP) is 3.63. The number of benzene rings is 2. The lowest BCUT2D eigenvalue weighted by Crippen LogP contribution is -2.36. The molecule has 0 saturated carbocycles. The number of amides is 1. The highest BCUT2D eigenvalue weighted by molar-refractivity contribution is 5.93. The Morgan fingerprint density at radius 3 is 2.62 bits per heavy atom. The van der Waals surface area contributed by atoms with Crippen LogP contribution in [0, 0.1) is 17.0 Å². The van der Waals surface area contributed by atoms with Crippen molar-refractivity contribution in [1.29, 1.82) is 0 Å². The summed E-state index contributed by atoms with van der Waals surface area (Å²) in [6, 6.07) is 14.7. The monoisotopic (exact) mass is 351 g/mol. The molecule has 0 saturated heterocycles. The van der Waals surface area contributed by atoms with Crippen molar-refractivity contribution in [2.45, 2.75) is 13.3 Å². The summed E-state index contributed by atoms with van der Waals surface area (Å²) in [5.41, 5.74) is 3.86. The van der Waals surface area contributed by atoms with Gasteiger partial charge in [0.2, 0.25) is 5.91 Å². The van der Waals surface area contributed by atoms with Crippen LogP contribution >= 0.6 is 0 Å². The molecule has 134 valence electrons. The summed E-state index contributed by atoms with van der Waals surface area (Å²) in [4.78, 5) is 24.7. The molecule has 2 aromatic carbocycles. The average Bonchev–Trinajstić information content (AvgIpc) is 2.64. The highest BCUT2D eigenvalue weighted by Gasteiger charge is 2.16. The van der Waals surface area contributed by atoms with E-state index < -0.39 is 4.92 Å². The second kappa shape index (κ2) is 7.93. The number of nitrogens with one attached hydrogen (secondary N) is 1. The molecule has 1 N–H and O–H groups in total. The maximum atomic E-state index is 12.3. The predicted molar refractivity (Wildman–Crippen MR) is 102 cm³/mol. The average molecular weight is 351 g/mol. The molecule has 0 radical (unpaired) electrons. The third kappa shape index (κ3) is 4.34. The first-order valence-corrected chi connectivity index (χ1v) is 8.54. The van der Waals surface area contributed by atoms with Crippen LogP contribution in [0.1, 0.15) is 17.5 Å². The Balaban J connectivity index is 1.56. The molecule has 1 heterocycles. The maximum absolute atomic E-state index is 12.3. The molecule has 2 aromatic rings. The van der Waals surface area contributed by atoms with Crippen LogP contribution in [0.15, 0.2) is 54.6 Å². The number of rotatable bonds is 5. The number of non-ortho nitro benzene ring substituents is 1. The van der Waals surface area contributed by atoms with Gasteiger partial charge in [0.25, 0.3) is 5.69 Å². The van der Waals surface area contributed by atoms with Crippen molar-refractivity contribution >= 4 is 22.9 Å². The van der Waals surface area contributed by atoms with E-state index in [1.54, 1.807) is 13.0 Å². The van der Waals surface area contributed by atoms with E-state index in [9.17, 15) is 14.9 Å². The molecule has 0 spiro atoms. The van der Waals surface area contributed by atoms with Gasteiger partial charge in [-0.1, -0.05) is 36.4 Å². The number of nitrogens with zero attached hydrogens (tertiary/aromatic N) is 2. The molecule has 0 unspecified atom stereocenters. The van der Waals surface area contributed by atoms with Crippen LogP contribution in [0.5, 0.6) is 0 Å². The number of carbonyl (C=O) groups is 1. The number of anilines is 1. The van der Waals surface area contributed by atoms with Gasteiger partial charge in [0, 0.05) is 30.9 Å². The quantitative estimate of drug-likeness (QED) is 0.659. The molecule has 0 bridgehead atoms. The lowest BCUT2D eigenvalue weighted by atomic mass is 10.00. The van der Waals surface area contributed by atoms with Crippen molar-refractivity contribution < 1.29 is 9.72 Å². The van der Waals surface area contributed by atoms with E-state index in [-0.39, 0.29) is 11.6 Å². The molecule has 0 fully saturated rings. The molecule has 26 heavy (non-hydrogen) atoms. The topological polar surface area (TPSA) is 75.5 Å². The third-order valence-electron chi connectivity index (χ3n) is 4.50. The van der Waals surface area contributed by atoms with Crippen molar-refractivity contribution in [3.05, 3.63) is 75.8 Å². The zero-order chi connectivity index (χ0) is 18.5. The Kier molecular flexibility index (Phi) is 5.43. The van der Waals surface area contributed by atoms with Crippen molar-refractivity contribution in [3.8, 4) is 0 Å². The standard InChI is InChI=1S/C20H21N3O3/c1-15-13-18(23(25)26)7-8-19(15)21-20(24)14-22-11-9-17(10-12-22)16-5-3-2-4-6-16/h2-9,13H,10-12,14H2,1H3,(H,21,24). The van der Waals surface area contributed by atoms with E-state index in [2.05, 4.69) is 28.4 Å². The fourth-order valence-electron chi connectivity index (χ4n) is 3.06. The molecule has 6 heteroatoms. The van der Waals surface area contributed by atoms with Crippen molar-refractivity contribution in [1.82, 2.24) is 4.90 Å². The number of hydrogen-bond donors (Lipinski definition) is 1. The van der Waals surface area contributed by atoms with Gasteiger partial charge in [-0.2, -0.15) is 0 Å².